The molecule has 0 aliphatic rings. The van der Waals surface area contributed by atoms with Gasteiger partial charge in [-0.2, -0.15) is 0 Å². The third-order valence-corrected chi connectivity index (χ3v) is 5.16. The molecule has 2 aromatic carbocycles. The molecule has 2 N–H and O–H groups in total. The highest BCUT2D eigenvalue weighted by molar-refractivity contribution is 7.15. The summed E-state index contributed by atoms with van der Waals surface area (Å²) < 4.78 is 6.92. The van der Waals surface area contributed by atoms with Crippen molar-refractivity contribution in [1.29, 1.82) is 0 Å². The molecule has 0 unspecified atom stereocenters. The van der Waals surface area contributed by atoms with Gasteiger partial charge < -0.3 is 15.4 Å². The molecule has 0 saturated carbocycles. The maximum atomic E-state index is 12.4. The highest BCUT2D eigenvalue weighted by atomic mass is 32.1. The molecule has 152 valence electrons. The van der Waals surface area contributed by atoms with E-state index in [1.807, 2.05) is 36.6 Å². The van der Waals surface area contributed by atoms with E-state index in [1.54, 1.807) is 30.5 Å². The smallest absolute Gasteiger partial charge is 0.258 e. The van der Waals surface area contributed by atoms with Gasteiger partial charge in [0.05, 0.1) is 18.8 Å². The monoisotopic (exact) mass is 420 g/mol. The summed E-state index contributed by atoms with van der Waals surface area (Å²) in [5, 5.41) is 7.92. The zero-order chi connectivity index (χ0) is 20.9. The molecule has 0 aliphatic carbocycles. The topological polar surface area (TPSA) is 84.7 Å². The Morgan fingerprint density at radius 2 is 1.83 bits per heavy atom. The minimum atomic E-state index is -0.191. The lowest BCUT2D eigenvalue weighted by Crippen LogP contribution is -2.15. The number of rotatable bonds is 7. The van der Waals surface area contributed by atoms with E-state index in [2.05, 4.69) is 15.6 Å². The molecule has 0 spiro atoms. The van der Waals surface area contributed by atoms with Gasteiger partial charge in [0.2, 0.25) is 0 Å². The summed E-state index contributed by atoms with van der Waals surface area (Å²) in [5.74, 6) is 0.574. The highest BCUT2D eigenvalue weighted by Gasteiger charge is 2.07. The van der Waals surface area contributed by atoms with Crippen LogP contribution in [0.3, 0.4) is 0 Å². The van der Waals surface area contributed by atoms with Crippen LogP contribution in [0.1, 0.15) is 23.0 Å². The van der Waals surface area contributed by atoms with Gasteiger partial charge >= 0.3 is 0 Å². The lowest BCUT2D eigenvalue weighted by Gasteiger charge is -2.09. The second-order valence-corrected chi connectivity index (χ2v) is 7.36. The largest absolute Gasteiger partial charge is 0.494 e. The summed E-state index contributed by atoms with van der Waals surface area (Å²) in [7, 11) is 0. The number of nitrogens with zero attached hydrogens (tertiary/aromatic N) is 2. The molecule has 0 atom stereocenters. The molecule has 2 heterocycles. The quantitative estimate of drug-likeness (QED) is 0.472. The van der Waals surface area contributed by atoms with E-state index >= 15 is 0 Å². The molecular formula is C22H20N4O3S. The molecule has 2 aromatic heterocycles. The molecule has 1 amide bonds. The van der Waals surface area contributed by atoms with Gasteiger partial charge in [-0.15, -0.1) is 11.3 Å². The Labute approximate surface area is 177 Å². The first-order chi connectivity index (χ1) is 14.6. The van der Waals surface area contributed by atoms with Gasteiger partial charge in [-0.1, -0.05) is 0 Å². The molecular weight excluding hydrogens is 400 g/mol. The fraction of sp³-hybridized carbons (Fsp3) is 0.136. The van der Waals surface area contributed by atoms with Crippen molar-refractivity contribution in [1.82, 2.24) is 9.38 Å². The zero-order valence-corrected chi connectivity index (χ0v) is 17.1. The molecule has 4 aromatic rings. The van der Waals surface area contributed by atoms with E-state index in [0.717, 1.165) is 11.4 Å². The lowest BCUT2D eigenvalue weighted by molar-refractivity contribution is 0.102. The zero-order valence-electron chi connectivity index (χ0n) is 16.3. The summed E-state index contributed by atoms with van der Waals surface area (Å²) in [6, 6.07) is 15.9. The molecule has 30 heavy (non-hydrogen) atoms. The number of ether oxygens (including phenoxy) is 1. The standard InChI is InChI=1S/C22H20N4O3S/c1-2-29-19-9-7-17(8-10-19)24-21(28)15-3-5-16(6-4-15)23-14-18-13-20(27)26-11-12-30-22(26)25-18/h3-13,23H,2,14H2,1H3,(H,24,28). The fourth-order valence-electron chi connectivity index (χ4n) is 2.91. The highest BCUT2D eigenvalue weighted by Crippen LogP contribution is 2.17. The van der Waals surface area contributed by atoms with Gasteiger partial charge in [0.15, 0.2) is 4.96 Å². The van der Waals surface area contributed by atoms with E-state index in [4.69, 9.17) is 4.74 Å². The fourth-order valence-corrected chi connectivity index (χ4v) is 3.65. The Morgan fingerprint density at radius 1 is 1.10 bits per heavy atom. The van der Waals surface area contributed by atoms with E-state index in [1.165, 1.54) is 21.8 Å². The van der Waals surface area contributed by atoms with Crippen LogP contribution in [-0.4, -0.2) is 21.9 Å². The molecule has 0 bridgehead atoms. The van der Waals surface area contributed by atoms with E-state index in [9.17, 15) is 9.59 Å². The minimum Gasteiger partial charge on any atom is -0.494 e. The van der Waals surface area contributed by atoms with Gasteiger partial charge in [0, 0.05) is 34.6 Å². The van der Waals surface area contributed by atoms with Crippen LogP contribution in [0.4, 0.5) is 11.4 Å². The van der Waals surface area contributed by atoms with Gasteiger partial charge in [-0.25, -0.2) is 4.98 Å². The maximum Gasteiger partial charge on any atom is 0.258 e. The van der Waals surface area contributed by atoms with Crippen LogP contribution in [0.25, 0.3) is 4.96 Å². The Balaban J connectivity index is 1.37. The summed E-state index contributed by atoms with van der Waals surface area (Å²) in [4.78, 5) is 29.6. The Bertz CT molecular complexity index is 1210. The number of carbonyl (C=O) groups excluding carboxylic acids is 1. The van der Waals surface area contributed by atoms with Crippen molar-refractivity contribution in [2.45, 2.75) is 13.5 Å². The predicted molar refractivity (Wildman–Crippen MR) is 119 cm³/mol. The molecule has 0 radical (unpaired) electrons. The van der Waals surface area contributed by atoms with Crippen molar-refractivity contribution < 1.29 is 9.53 Å². The van der Waals surface area contributed by atoms with E-state index in [0.29, 0.717) is 35.1 Å². The van der Waals surface area contributed by atoms with Crippen molar-refractivity contribution >= 4 is 33.6 Å². The molecule has 7 nitrogen and oxygen atoms in total. The van der Waals surface area contributed by atoms with Crippen LogP contribution in [0.5, 0.6) is 5.75 Å². The number of hydrogen-bond donors (Lipinski definition) is 2. The lowest BCUT2D eigenvalue weighted by atomic mass is 10.2. The third-order valence-electron chi connectivity index (χ3n) is 4.40. The van der Waals surface area contributed by atoms with Crippen LogP contribution >= 0.6 is 11.3 Å². The van der Waals surface area contributed by atoms with Crippen molar-refractivity contribution in [3.63, 3.8) is 0 Å². The van der Waals surface area contributed by atoms with Crippen LogP contribution < -0.4 is 20.9 Å². The number of aromatic nitrogens is 2. The van der Waals surface area contributed by atoms with Crippen molar-refractivity contribution in [3.8, 4) is 5.75 Å². The van der Waals surface area contributed by atoms with Crippen LogP contribution in [0.2, 0.25) is 0 Å². The van der Waals surface area contributed by atoms with Crippen LogP contribution in [0.15, 0.2) is 71.0 Å². The maximum absolute atomic E-state index is 12.4. The molecule has 8 heteroatoms. The molecule has 0 aliphatic heterocycles. The summed E-state index contributed by atoms with van der Waals surface area (Å²) in [5.41, 5.74) is 2.65. The van der Waals surface area contributed by atoms with Gasteiger partial charge in [-0.05, 0) is 55.5 Å². The van der Waals surface area contributed by atoms with E-state index < -0.39 is 0 Å². The second-order valence-electron chi connectivity index (χ2n) is 6.48. The number of nitrogens with one attached hydrogen (secondary N) is 2. The average Bonchev–Trinajstić information content (AvgIpc) is 3.23. The minimum absolute atomic E-state index is 0.0978. The number of hydrogen-bond acceptors (Lipinski definition) is 6. The van der Waals surface area contributed by atoms with E-state index in [-0.39, 0.29) is 11.5 Å². The summed E-state index contributed by atoms with van der Waals surface area (Å²) in [6.45, 7) is 2.94. The SMILES string of the molecule is CCOc1ccc(NC(=O)c2ccc(NCc3cc(=O)n4ccsc4n3)cc2)cc1. The normalized spacial score (nSPS) is 10.7. The molecule has 0 fully saturated rings. The van der Waals surface area contributed by atoms with Crippen molar-refractivity contribution in [2.75, 3.05) is 17.2 Å². The van der Waals surface area contributed by atoms with Crippen LogP contribution in [0, 0.1) is 0 Å². The number of thiazole rings is 1. The number of carbonyl (C=O) groups is 1. The Hall–Kier alpha value is -3.65. The number of fused-ring (bicyclic) bond motifs is 1. The first-order valence-electron chi connectivity index (χ1n) is 9.46. The Kier molecular flexibility index (Phi) is 5.76. The second kappa shape index (κ2) is 8.79. The van der Waals surface area contributed by atoms with Crippen molar-refractivity contribution in [3.05, 3.63) is 87.8 Å². The number of benzene rings is 2. The first-order valence-corrected chi connectivity index (χ1v) is 10.3. The van der Waals surface area contributed by atoms with Gasteiger partial charge in [-0.3, -0.25) is 14.0 Å². The summed E-state index contributed by atoms with van der Waals surface area (Å²) >= 11 is 1.42. The third kappa shape index (κ3) is 4.49. The van der Waals surface area contributed by atoms with Gasteiger partial charge in [0.1, 0.15) is 5.75 Å². The first kappa shape index (κ1) is 19.7. The number of amides is 1. The summed E-state index contributed by atoms with van der Waals surface area (Å²) in [6.07, 6.45) is 1.71. The number of anilines is 2. The van der Waals surface area contributed by atoms with Crippen molar-refractivity contribution in [2.24, 2.45) is 0 Å². The molecule has 0 saturated heterocycles. The predicted octanol–water partition coefficient (Wildman–Crippen LogP) is 4.02. The van der Waals surface area contributed by atoms with Crippen LogP contribution in [-0.2, 0) is 6.54 Å². The van der Waals surface area contributed by atoms with Gasteiger partial charge in [0.25, 0.3) is 11.5 Å². The Morgan fingerprint density at radius 3 is 2.57 bits per heavy atom. The average molecular weight is 420 g/mol. The molecule has 4 rings (SSSR count).